The second-order valence-corrected chi connectivity index (χ2v) is 7.10. The summed E-state index contributed by atoms with van der Waals surface area (Å²) >= 11 is 16.7. The van der Waals surface area contributed by atoms with Gasteiger partial charge in [-0.15, -0.1) is 0 Å². The Hall–Kier alpha value is -0.550. The summed E-state index contributed by atoms with van der Waals surface area (Å²) in [4.78, 5) is 24.0. The molecule has 0 radical (unpaired) electrons. The van der Waals surface area contributed by atoms with Crippen LogP contribution in [0.25, 0.3) is 0 Å². The molecule has 1 aromatic rings. The molecule has 20 heavy (non-hydrogen) atoms. The zero-order valence-corrected chi connectivity index (χ0v) is 13.1. The smallest absolute Gasteiger partial charge is 0.255 e. The van der Waals surface area contributed by atoms with Crippen LogP contribution < -0.4 is 0 Å². The lowest BCUT2D eigenvalue weighted by Gasteiger charge is -2.09. The van der Waals surface area contributed by atoms with E-state index in [1.165, 1.54) is 10.6 Å². The number of ketones is 2. The molecule has 1 aliphatic rings. The van der Waals surface area contributed by atoms with Gasteiger partial charge in [-0.3, -0.25) is 9.59 Å². The van der Waals surface area contributed by atoms with Crippen LogP contribution in [0.15, 0.2) is 12.3 Å². The van der Waals surface area contributed by atoms with Crippen molar-refractivity contribution < 1.29 is 14.3 Å². The quantitative estimate of drug-likeness (QED) is 0.625. The van der Waals surface area contributed by atoms with E-state index in [4.69, 9.17) is 39.5 Å². The number of ether oxygens (including phenoxy) is 1. The zero-order valence-electron chi connectivity index (χ0n) is 10.9. The van der Waals surface area contributed by atoms with Crippen LogP contribution in [0.4, 0.5) is 0 Å². The molecule has 1 saturated heterocycles. The summed E-state index contributed by atoms with van der Waals surface area (Å²) in [6, 6.07) is 1.46. The third kappa shape index (κ3) is 3.55. The van der Waals surface area contributed by atoms with Crippen LogP contribution >= 0.6 is 34.8 Å². The molecule has 2 rings (SSSR count). The van der Waals surface area contributed by atoms with Gasteiger partial charge in [0.25, 0.3) is 3.79 Å². The van der Waals surface area contributed by atoms with Crippen LogP contribution in [0.5, 0.6) is 0 Å². The molecule has 0 bridgehead atoms. The van der Waals surface area contributed by atoms with Gasteiger partial charge >= 0.3 is 0 Å². The summed E-state index contributed by atoms with van der Waals surface area (Å²) in [5, 5.41) is 0. The molecule has 0 amide bonds. The molecule has 4 nitrogen and oxygen atoms in total. The zero-order chi connectivity index (χ0) is 14.9. The van der Waals surface area contributed by atoms with Crippen LogP contribution in [0.2, 0.25) is 0 Å². The Morgan fingerprint density at radius 1 is 1.45 bits per heavy atom. The summed E-state index contributed by atoms with van der Waals surface area (Å²) < 4.78 is 4.89. The first-order valence-corrected chi connectivity index (χ1v) is 7.35. The fourth-order valence-corrected chi connectivity index (χ4v) is 2.51. The van der Waals surface area contributed by atoms with Gasteiger partial charge in [0.15, 0.2) is 5.78 Å². The van der Waals surface area contributed by atoms with Crippen molar-refractivity contribution >= 4 is 46.4 Å². The minimum Gasteiger partial charge on any atom is -0.378 e. The van der Waals surface area contributed by atoms with Gasteiger partial charge in [-0.05, 0) is 18.9 Å². The Balaban J connectivity index is 2.14. The average Bonchev–Trinajstić information content (AvgIpc) is 2.96. The molecule has 0 aliphatic carbocycles. The molecule has 1 atom stereocenters. The summed E-state index contributed by atoms with van der Waals surface area (Å²) in [5.74, 6) is -0.725. The average molecular weight is 339 g/mol. The van der Waals surface area contributed by atoms with Crippen LogP contribution in [0.3, 0.4) is 0 Å². The van der Waals surface area contributed by atoms with Crippen molar-refractivity contribution in [1.82, 2.24) is 4.57 Å². The van der Waals surface area contributed by atoms with Gasteiger partial charge < -0.3 is 9.30 Å². The van der Waals surface area contributed by atoms with E-state index in [0.29, 0.717) is 18.6 Å². The van der Waals surface area contributed by atoms with Crippen molar-refractivity contribution in [2.24, 2.45) is 7.05 Å². The highest BCUT2D eigenvalue weighted by Gasteiger charge is 2.34. The number of carbonyl (C=O) groups excluding carboxylic acids is 2. The monoisotopic (exact) mass is 337 g/mol. The molecular weight excluding hydrogens is 325 g/mol. The predicted octanol–water partition coefficient (Wildman–Crippen LogP) is 3.33. The molecule has 110 valence electrons. The normalized spacial score (nSPS) is 19.3. The van der Waals surface area contributed by atoms with Crippen LogP contribution in [-0.4, -0.2) is 32.6 Å². The van der Waals surface area contributed by atoms with E-state index < -0.39 is 9.58 Å². The molecule has 7 heteroatoms. The number of halogens is 3. The number of alkyl halides is 3. The predicted molar refractivity (Wildman–Crippen MR) is 78.0 cm³/mol. The fraction of sp³-hybridized carbons (Fsp3) is 0.538. The van der Waals surface area contributed by atoms with Crippen molar-refractivity contribution in [3.63, 3.8) is 0 Å². The van der Waals surface area contributed by atoms with Gasteiger partial charge in [0.2, 0.25) is 5.78 Å². The number of aryl methyl sites for hydroxylation is 1. The number of carbonyl (C=O) groups is 2. The topological polar surface area (TPSA) is 48.3 Å². The van der Waals surface area contributed by atoms with Gasteiger partial charge in [-0.25, -0.2) is 0 Å². The summed E-state index contributed by atoms with van der Waals surface area (Å²) in [7, 11) is 1.63. The first-order chi connectivity index (χ1) is 9.29. The maximum atomic E-state index is 12.1. The van der Waals surface area contributed by atoms with E-state index >= 15 is 0 Å². The first-order valence-electron chi connectivity index (χ1n) is 6.21. The Kier molecular flexibility index (Phi) is 4.80. The van der Waals surface area contributed by atoms with Crippen molar-refractivity contribution in [2.45, 2.75) is 29.2 Å². The van der Waals surface area contributed by atoms with E-state index in [9.17, 15) is 9.59 Å². The van der Waals surface area contributed by atoms with E-state index in [1.807, 2.05) is 0 Å². The molecule has 0 spiro atoms. The lowest BCUT2D eigenvalue weighted by atomic mass is 10.1. The van der Waals surface area contributed by atoms with E-state index in [1.54, 1.807) is 13.2 Å². The molecule has 2 heterocycles. The van der Waals surface area contributed by atoms with Gasteiger partial charge in [-0.1, -0.05) is 34.8 Å². The van der Waals surface area contributed by atoms with E-state index in [2.05, 4.69) is 0 Å². The Labute approximate surface area is 131 Å². The summed E-state index contributed by atoms with van der Waals surface area (Å²) in [6.45, 7) is 0.698. The summed E-state index contributed by atoms with van der Waals surface area (Å²) in [6.07, 6.45) is 3.71. The van der Waals surface area contributed by atoms with Gasteiger partial charge in [0.1, 0.15) is 0 Å². The highest BCUT2D eigenvalue weighted by Crippen LogP contribution is 2.31. The highest BCUT2D eigenvalue weighted by molar-refractivity contribution is 6.77. The van der Waals surface area contributed by atoms with Gasteiger partial charge in [-0.2, -0.15) is 0 Å². The molecule has 1 aromatic heterocycles. The Morgan fingerprint density at radius 3 is 2.70 bits per heavy atom. The fourth-order valence-electron chi connectivity index (χ4n) is 2.22. The molecule has 1 fully saturated rings. The van der Waals surface area contributed by atoms with Gasteiger partial charge in [0.05, 0.1) is 11.8 Å². The van der Waals surface area contributed by atoms with Crippen LogP contribution in [0, 0.1) is 0 Å². The van der Waals surface area contributed by atoms with Crippen molar-refractivity contribution in [1.29, 1.82) is 0 Å². The molecule has 1 aliphatic heterocycles. The third-order valence-electron chi connectivity index (χ3n) is 3.25. The van der Waals surface area contributed by atoms with E-state index in [0.717, 1.165) is 12.8 Å². The van der Waals surface area contributed by atoms with Crippen LogP contribution in [0.1, 0.15) is 40.1 Å². The number of rotatable bonds is 4. The Morgan fingerprint density at radius 2 is 2.15 bits per heavy atom. The SMILES string of the molecule is Cn1cc(C(=O)CC2CCCO2)cc1C(=O)C(Cl)(Cl)Cl. The molecule has 0 N–H and O–H groups in total. The number of Topliss-reactive ketones (excluding diaryl/α,β-unsaturated/α-hetero) is 2. The first kappa shape index (κ1) is 15.8. The van der Waals surface area contributed by atoms with E-state index in [-0.39, 0.29) is 17.6 Å². The number of aromatic nitrogens is 1. The van der Waals surface area contributed by atoms with Crippen molar-refractivity contribution in [2.75, 3.05) is 6.61 Å². The van der Waals surface area contributed by atoms with Crippen molar-refractivity contribution in [3.8, 4) is 0 Å². The minimum absolute atomic E-state index is 0.0324. The minimum atomic E-state index is -2.03. The Bertz CT molecular complexity index is 527. The number of nitrogens with zero attached hydrogens (tertiary/aromatic N) is 1. The molecule has 1 unspecified atom stereocenters. The third-order valence-corrected chi connectivity index (χ3v) is 3.77. The number of hydrogen-bond acceptors (Lipinski definition) is 3. The maximum Gasteiger partial charge on any atom is 0.255 e. The summed E-state index contributed by atoms with van der Waals surface area (Å²) in [5.41, 5.74) is 0.626. The molecule has 0 saturated carbocycles. The van der Waals surface area contributed by atoms with Gasteiger partial charge in [0, 0.05) is 31.8 Å². The lowest BCUT2D eigenvalue weighted by Crippen LogP contribution is -2.21. The molecule has 0 aromatic carbocycles. The van der Waals surface area contributed by atoms with Crippen LogP contribution in [-0.2, 0) is 11.8 Å². The largest absolute Gasteiger partial charge is 0.378 e. The lowest BCUT2D eigenvalue weighted by molar-refractivity contribution is 0.0775. The highest BCUT2D eigenvalue weighted by atomic mass is 35.6. The molecular formula is C13H14Cl3NO3. The maximum absolute atomic E-state index is 12.1. The number of hydrogen-bond donors (Lipinski definition) is 0. The second kappa shape index (κ2) is 6.06. The van der Waals surface area contributed by atoms with Crippen molar-refractivity contribution in [3.05, 3.63) is 23.5 Å². The standard InChI is InChI=1S/C13H14Cl3NO3/c1-17-7-8(5-10(17)12(19)13(14,15)16)11(18)6-9-3-2-4-20-9/h5,7,9H,2-4,6H2,1H3. The second-order valence-electron chi connectivity index (χ2n) is 4.81.